The maximum atomic E-state index is 13.1. The van der Waals surface area contributed by atoms with Crippen LogP contribution in [0.4, 0.5) is 4.39 Å². The molecule has 10 heteroatoms. The van der Waals surface area contributed by atoms with Gasteiger partial charge in [0.1, 0.15) is 23.1 Å². The molecular formula is C23H29FN6O3. The van der Waals surface area contributed by atoms with Crippen LogP contribution in [0.3, 0.4) is 0 Å². The summed E-state index contributed by atoms with van der Waals surface area (Å²) in [4.78, 5) is 19.2. The number of aliphatic hydroxyl groups is 1. The van der Waals surface area contributed by atoms with Gasteiger partial charge in [-0.15, -0.1) is 0 Å². The van der Waals surface area contributed by atoms with Crippen LogP contribution in [-0.2, 0) is 17.9 Å². The summed E-state index contributed by atoms with van der Waals surface area (Å²) < 4.78 is 20.9. The normalized spacial score (nSPS) is 17.3. The minimum atomic E-state index is -0.407. The molecule has 0 spiro atoms. The lowest BCUT2D eigenvalue weighted by atomic mass is 10.2. The lowest BCUT2D eigenvalue weighted by Gasteiger charge is -2.33. The van der Waals surface area contributed by atoms with E-state index in [1.54, 1.807) is 23.1 Å². The van der Waals surface area contributed by atoms with E-state index < -0.39 is 6.04 Å². The molecule has 2 heterocycles. The van der Waals surface area contributed by atoms with E-state index in [1.807, 2.05) is 23.6 Å². The molecule has 1 fully saturated rings. The van der Waals surface area contributed by atoms with Crippen LogP contribution in [0.5, 0.6) is 11.5 Å². The first-order chi connectivity index (χ1) is 15.9. The number of benzene rings is 2. The number of carbonyl (C=O) groups is 1. The zero-order valence-corrected chi connectivity index (χ0v) is 18.5. The van der Waals surface area contributed by atoms with Gasteiger partial charge in [0.15, 0.2) is 0 Å². The number of ether oxygens (including phenoxy) is 1. The Morgan fingerprint density at radius 2 is 2.09 bits per heavy atom. The molecule has 0 aliphatic carbocycles. The third-order valence-corrected chi connectivity index (χ3v) is 5.63. The third-order valence-electron chi connectivity index (χ3n) is 5.63. The first kappa shape index (κ1) is 23.1. The van der Waals surface area contributed by atoms with Crippen LogP contribution in [0.15, 0.2) is 42.5 Å². The van der Waals surface area contributed by atoms with Gasteiger partial charge in [0.25, 0.3) is 0 Å². The Bertz CT molecular complexity index is 1100. The highest BCUT2D eigenvalue weighted by atomic mass is 19.1. The molecule has 1 saturated heterocycles. The number of nitrogens with two attached hydrogens (primary N) is 1. The fourth-order valence-electron chi connectivity index (χ4n) is 3.92. The maximum absolute atomic E-state index is 13.1. The highest BCUT2D eigenvalue weighted by Crippen LogP contribution is 2.26. The van der Waals surface area contributed by atoms with Gasteiger partial charge >= 0.3 is 0 Å². The summed E-state index contributed by atoms with van der Waals surface area (Å²) in [5.74, 6) is 1.46. The monoisotopic (exact) mass is 456 g/mol. The van der Waals surface area contributed by atoms with Crippen LogP contribution in [-0.4, -0.2) is 63.9 Å². The fraction of sp³-hybridized carbons (Fsp3) is 0.391. The van der Waals surface area contributed by atoms with Gasteiger partial charge in [-0.1, -0.05) is 0 Å². The standard InChI is InChI=1S/C23H29FN6O3/c1-15(23(32)29-9-8-26-21(25)14-29)27-13-22-28-19-7-6-18(12-20(19)30(22)10-11-31)33-17-4-2-16(24)3-5-17/h2-7,12,15,21,26-27,31H,8-11,13-14,25H2,1H3/t15-,21?/m0/s1. The number of piperazine rings is 1. The topological polar surface area (TPSA) is 118 Å². The number of nitrogens with one attached hydrogen (secondary N) is 2. The Morgan fingerprint density at radius 1 is 1.33 bits per heavy atom. The summed E-state index contributed by atoms with van der Waals surface area (Å²) in [7, 11) is 0. The van der Waals surface area contributed by atoms with Crippen molar-refractivity contribution in [1.82, 2.24) is 25.1 Å². The summed E-state index contributed by atoms with van der Waals surface area (Å²) in [6.07, 6.45) is -0.213. The highest BCUT2D eigenvalue weighted by molar-refractivity contribution is 5.81. The average Bonchev–Trinajstić information content (AvgIpc) is 3.15. The molecule has 0 saturated carbocycles. The van der Waals surface area contributed by atoms with E-state index in [4.69, 9.17) is 10.5 Å². The number of fused-ring (bicyclic) bond motifs is 1. The summed E-state index contributed by atoms with van der Waals surface area (Å²) in [6.45, 7) is 4.24. The molecule has 1 aliphatic heterocycles. The van der Waals surface area contributed by atoms with Crippen molar-refractivity contribution in [2.45, 2.75) is 32.2 Å². The Labute approximate surface area is 191 Å². The number of rotatable bonds is 8. The highest BCUT2D eigenvalue weighted by Gasteiger charge is 2.25. The second-order valence-electron chi connectivity index (χ2n) is 8.06. The van der Waals surface area contributed by atoms with Gasteiger partial charge in [0.05, 0.1) is 36.4 Å². The smallest absolute Gasteiger partial charge is 0.239 e. The molecule has 176 valence electrons. The van der Waals surface area contributed by atoms with Crippen molar-refractivity contribution in [2.75, 3.05) is 26.2 Å². The van der Waals surface area contributed by atoms with E-state index in [9.17, 15) is 14.3 Å². The molecule has 0 radical (unpaired) electrons. The van der Waals surface area contributed by atoms with Crippen LogP contribution in [0.2, 0.25) is 0 Å². The summed E-state index contributed by atoms with van der Waals surface area (Å²) >= 11 is 0. The van der Waals surface area contributed by atoms with E-state index >= 15 is 0 Å². The minimum Gasteiger partial charge on any atom is -0.457 e. The van der Waals surface area contributed by atoms with Gasteiger partial charge < -0.3 is 25.0 Å². The fourth-order valence-corrected chi connectivity index (χ4v) is 3.92. The van der Waals surface area contributed by atoms with E-state index in [-0.39, 0.29) is 24.5 Å². The molecule has 33 heavy (non-hydrogen) atoms. The van der Waals surface area contributed by atoms with Crippen molar-refractivity contribution < 1.29 is 19.0 Å². The molecular weight excluding hydrogens is 427 g/mol. The van der Waals surface area contributed by atoms with Crippen molar-refractivity contribution in [3.8, 4) is 11.5 Å². The molecule has 1 unspecified atom stereocenters. The third kappa shape index (κ3) is 5.48. The number of hydrogen-bond acceptors (Lipinski definition) is 7. The number of halogens is 1. The number of aromatic nitrogens is 2. The van der Waals surface area contributed by atoms with Gasteiger partial charge in [0.2, 0.25) is 5.91 Å². The number of imidazole rings is 1. The number of hydrogen-bond donors (Lipinski definition) is 4. The van der Waals surface area contributed by atoms with Crippen molar-refractivity contribution in [1.29, 1.82) is 0 Å². The van der Waals surface area contributed by atoms with E-state index in [0.717, 1.165) is 11.0 Å². The summed E-state index contributed by atoms with van der Waals surface area (Å²) in [5, 5.41) is 16.0. The number of carbonyl (C=O) groups excluding carboxylic acids is 1. The van der Waals surface area contributed by atoms with Crippen LogP contribution < -0.4 is 21.1 Å². The molecule has 4 rings (SSSR count). The summed E-state index contributed by atoms with van der Waals surface area (Å²) in [5.41, 5.74) is 7.45. The molecule has 1 aromatic heterocycles. The molecule has 0 bridgehead atoms. The average molecular weight is 457 g/mol. The predicted molar refractivity (Wildman–Crippen MR) is 122 cm³/mol. The number of aliphatic hydroxyl groups excluding tert-OH is 1. The molecule has 5 N–H and O–H groups in total. The number of amides is 1. The lowest BCUT2D eigenvalue weighted by molar-refractivity contribution is -0.134. The van der Waals surface area contributed by atoms with E-state index in [2.05, 4.69) is 15.6 Å². The van der Waals surface area contributed by atoms with Crippen LogP contribution in [0.1, 0.15) is 12.7 Å². The predicted octanol–water partition coefficient (Wildman–Crippen LogP) is 1.15. The second-order valence-corrected chi connectivity index (χ2v) is 8.06. The SMILES string of the molecule is C[C@H](NCc1nc2ccc(Oc3ccc(F)cc3)cc2n1CCO)C(=O)N1CCNC(N)C1. The Balaban J connectivity index is 1.49. The number of nitrogens with zero attached hydrogens (tertiary/aromatic N) is 3. The van der Waals surface area contributed by atoms with Gasteiger partial charge in [-0.3, -0.25) is 15.4 Å². The van der Waals surface area contributed by atoms with Gasteiger partial charge in [-0.25, -0.2) is 9.37 Å². The zero-order valence-electron chi connectivity index (χ0n) is 18.5. The first-order valence-electron chi connectivity index (χ1n) is 11.0. The first-order valence-corrected chi connectivity index (χ1v) is 11.0. The van der Waals surface area contributed by atoms with Crippen molar-refractivity contribution in [3.05, 3.63) is 54.1 Å². The molecule has 9 nitrogen and oxygen atoms in total. The molecule has 1 amide bonds. The second kappa shape index (κ2) is 10.3. The van der Waals surface area contributed by atoms with Crippen LogP contribution in [0.25, 0.3) is 11.0 Å². The molecule has 2 atom stereocenters. The van der Waals surface area contributed by atoms with Gasteiger partial charge in [-0.05, 0) is 43.3 Å². The Kier molecular flexibility index (Phi) is 7.19. The van der Waals surface area contributed by atoms with E-state index in [0.29, 0.717) is 50.0 Å². The van der Waals surface area contributed by atoms with Crippen molar-refractivity contribution >= 4 is 16.9 Å². The van der Waals surface area contributed by atoms with Crippen molar-refractivity contribution in [3.63, 3.8) is 0 Å². The summed E-state index contributed by atoms with van der Waals surface area (Å²) in [6, 6.07) is 10.8. The van der Waals surface area contributed by atoms with E-state index in [1.165, 1.54) is 12.1 Å². The van der Waals surface area contributed by atoms with Crippen molar-refractivity contribution in [2.24, 2.45) is 5.73 Å². The Hall–Kier alpha value is -3.05. The van der Waals surface area contributed by atoms with Crippen LogP contribution >= 0.6 is 0 Å². The molecule has 3 aromatic rings. The Morgan fingerprint density at radius 3 is 2.82 bits per heavy atom. The maximum Gasteiger partial charge on any atom is 0.239 e. The minimum absolute atomic E-state index is 0.00764. The van der Waals surface area contributed by atoms with Gasteiger partial charge in [0, 0.05) is 32.2 Å². The molecule has 1 aliphatic rings. The van der Waals surface area contributed by atoms with Gasteiger partial charge in [-0.2, -0.15) is 0 Å². The lowest BCUT2D eigenvalue weighted by Crippen LogP contribution is -2.59. The molecule has 2 aromatic carbocycles. The largest absolute Gasteiger partial charge is 0.457 e. The quantitative estimate of drug-likeness (QED) is 0.402. The zero-order chi connectivity index (χ0) is 23.4. The van der Waals surface area contributed by atoms with Crippen LogP contribution in [0, 0.1) is 5.82 Å².